The summed E-state index contributed by atoms with van der Waals surface area (Å²) in [7, 11) is -3.50. The standard InChI is InChI=1S/C15H22N2O2S/c1-4-11-17(12-5-10-16)20(18,19)15-8-6-14(7-9-15)13(2)3/h6-9,13H,4-5,11-12H2,1-3H3. The maximum Gasteiger partial charge on any atom is 0.243 e. The van der Waals surface area contributed by atoms with Crippen LogP contribution in [0, 0.1) is 11.3 Å². The Bertz CT molecular complexity index is 557. The van der Waals surface area contributed by atoms with Gasteiger partial charge in [0.2, 0.25) is 10.0 Å². The number of nitrogens with zero attached hydrogens (tertiary/aromatic N) is 2. The maximum atomic E-state index is 12.5. The van der Waals surface area contributed by atoms with Gasteiger partial charge in [0.25, 0.3) is 0 Å². The molecule has 0 aromatic heterocycles. The summed E-state index contributed by atoms with van der Waals surface area (Å²) in [5.74, 6) is 0.372. The van der Waals surface area contributed by atoms with E-state index >= 15 is 0 Å². The van der Waals surface area contributed by atoms with Crippen molar-refractivity contribution in [3.05, 3.63) is 29.8 Å². The summed E-state index contributed by atoms with van der Waals surface area (Å²) in [5, 5.41) is 8.65. The molecular formula is C15H22N2O2S. The summed E-state index contributed by atoms with van der Waals surface area (Å²) in [4.78, 5) is 0.299. The Morgan fingerprint density at radius 3 is 2.25 bits per heavy atom. The zero-order valence-corrected chi connectivity index (χ0v) is 13.2. The van der Waals surface area contributed by atoms with Crippen LogP contribution in [0.25, 0.3) is 0 Å². The van der Waals surface area contributed by atoms with Crippen molar-refractivity contribution < 1.29 is 8.42 Å². The van der Waals surface area contributed by atoms with Gasteiger partial charge in [0.05, 0.1) is 11.0 Å². The molecule has 5 heteroatoms. The fraction of sp³-hybridized carbons (Fsp3) is 0.533. The van der Waals surface area contributed by atoms with Crippen molar-refractivity contribution in [2.24, 2.45) is 0 Å². The van der Waals surface area contributed by atoms with Crippen LogP contribution in [0.1, 0.15) is 45.1 Å². The highest BCUT2D eigenvalue weighted by Gasteiger charge is 2.23. The molecule has 0 atom stereocenters. The van der Waals surface area contributed by atoms with E-state index in [1.54, 1.807) is 12.1 Å². The maximum absolute atomic E-state index is 12.5. The second-order valence-electron chi connectivity index (χ2n) is 5.04. The zero-order valence-electron chi connectivity index (χ0n) is 12.3. The quantitative estimate of drug-likeness (QED) is 0.776. The van der Waals surface area contributed by atoms with Crippen LogP contribution in [0.15, 0.2) is 29.2 Å². The lowest BCUT2D eigenvalue weighted by Crippen LogP contribution is -2.32. The van der Waals surface area contributed by atoms with Gasteiger partial charge in [-0.25, -0.2) is 8.42 Å². The molecule has 0 amide bonds. The second-order valence-corrected chi connectivity index (χ2v) is 6.97. The molecule has 0 N–H and O–H groups in total. The molecule has 0 saturated heterocycles. The fourth-order valence-corrected chi connectivity index (χ4v) is 3.48. The molecule has 0 fully saturated rings. The molecule has 0 heterocycles. The molecule has 0 aliphatic heterocycles. The van der Waals surface area contributed by atoms with Crippen LogP contribution in [-0.4, -0.2) is 25.8 Å². The van der Waals surface area contributed by atoms with Crippen molar-refractivity contribution in [3.8, 4) is 6.07 Å². The van der Waals surface area contributed by atoms with E-state index in [0.717, 1.165) is 12.0 Å². The molecule has 4 nitrogen and oxygen atoms in total. The van der Waals surface area contributed by atoms with E-state index in [9.17, 15) is 8.42 Å². The van der Waals surface area contributed by atoms with Gasteiger partial charge in [-0.05, 0) is 30.0 Å². The second kappa shape index (κ2) is 7.41. The van der Waals surface area contributed by atoms with Crippen molar-refractivity contribution in [1.82, 2.24) is 4.31 Å². The average Bonchev–Trinajstić information content (AvgIpc) is 2.43. The van der Waals surface area contributed by atoms with Crippen molar-refractivity contribution in [2.45, 2.75) is 44.4 Å². The molecule has 0 aliphatic rings. The van der Waals surface area contributed by atoms with Crippen LogP contribution in [0.4, 0.5) is 0 Å². The van der Waals surface area contributed by atoms with Gasteiger partial charge in [-0.15, -0.1) is 0 Å². The minimum absolute atomic E-state index is 0.212. The lowest BCUT2D eigenvalue weighted by Gasteiger charge is -2.20. The Morgan fingerprint density at radius 1 is 1.20 bits per heavy atom. The summed E-state index contributed by atoms with van der Waals surface area (Å²) in [5.41, 5.74) is 1.11. The van der Waals surface area contributed by atoms with E-state index in [1.807, 2.05) is 25.1 Å². The minimum atomic E-state index is -3.50. The van der Waals surface area contributed by atoms with Crippen molar-refractivity contribution >= 4 is 10.0 Å². The van der Waals surface area contributed by atoms with Crippen LogP contribution in [0.3, 0.4) is 0 Å². The number of sulfonamides is 1. The third kappa shape index (κ3) is 4.06. The van der Waals surface area contributed by atoms with E-state index in [-0.39, 0.29) is 13.0 Å². The minimum Gasteiger partial charge on any atom is -0.207 e. The van der Waals surface area contributed by atoms with Crippen LogP contribution in [0.5, 0.6) is 0 Å². The first kappa shape index (κ1) is 16.7. The third-order valence-electron chi connectivity index (χ3n) is 3.13. The van der Waals surface area contributed by atoms with Gasteiger partial charge in [-0.3, -0.25) is 0 Å². The molecule has 1 rings (SSSR count). The van der Waals surface area contributed by atoms with Crippen molar-refractivity contribution in [1.29, 1.82) is 5.26 Å². The van der Waals surface area contributed by atoms with Crippen LogP contribution >= 0.6 is 0 Å². The first-order chi connectivity index (χ1) is 9.43. The van der Waals surface area contributed by atoms with Gasteiger partial charge in [-0.1, -0.05) is 32.9 Å². The molecule has 1 aromatic rings. The molecule has 1 aromatic carbocycles. The lowest BCUT2D eigenvalue weighted by atomic mass is 10.0. The highest BCUT2D eigenvalue weighted by molar-refractivity contribution is 7.89. The molecule has 0 bridgehead atoms. The zero-order chi connectivity index (χ0) is 15.2. The molecule has 0 spiro atoms. The third-order valence-corrected chi connectivity index (χ3v) is 5.04. The predicted molar refractivity (Wildman–Crippen MR) is 79.8 cm³/mol. The van der Waals surface area contributed by atoms with E-state index in [2.05, 4.69) is 13.8 Å². The largest absolute Gasteiger partial charge is 0.243 e. The van der Waals surface area contributed by atoms with Crippen molar-refractivity contribution in [3.63, 3.8) is 0 Å². The summed E-state index contributed by atoms with van der Waals surface area (Å²) < 4.78 is 26.4. The van der Waals surface area contributed by atoms with E-state index in [0.29, 0.717) is 17.4 Å². The fourth-order valence-electron chi connectivity index (χ4n) is 1.95. The Labute approximate surface area is 122 Å². The molecule has 0 saturated carbocycles. The Hall–Kier alpha value is -1.38. The Kier molecular flexibility index (Phi) is 6.18. The highest BCUT2D eigenvalue weighted by atomic mass is 32.2. The van der Waals surface area contributed by atoms with Gasteiger partial charge in [0.1, 0.15) is 0 Å². The topological polar surface area (TPSA) is 61.2 Å². The summed E-state index contributed by atoms with van der Waals surface area (Å²) in [6.07, 6.45) is 0.943. The van der Waals surface area contributed by atoms with Gasteiger partial charge in [0.15, 0.2) is 0 Å². The van der Waals surface area contributed by atoms with Gasteiger partial charge < -0.3 is 0 Å². The van der Waals surface area contributed by atoms with E-state index < -0.39 is 10.0 Å². The Balaban J connectivity index is 3.03. The lowest BCUT2D eigenvalue weighted by molar-refractivity contribution is 0.417. The van der Waals surface area contributed by atoms with Crippen LogP contribution in [-0.2, 0) is 10.0 Å². The predicted octanol–water partition coefficient (Wildman–Crippen LogP) is 3.12. The molecular weight excluding hydrogens is 272 g/mol. The van der Waals surface area contributed by atoms with Crippen LogP contribution < -0.4 is 0 Å². The van der Waals surface area contributed by atoms with Gasteiger partial charge >= 0.3 is 0 Å². The molecule has 110 valence electrons. The highest BCUT2D eigenvalue weighted by Crippen LogP contribution is 2.20. The van der Waals surface area contributed by atoms with Crippen molar-refractivity contribution in [2.75, 3.05) is 13.1 Å². The molecule has 0 radical (unpaired) electrons. The first-order valence-corrected chi connectivity index (χ1v) is 8.34. The van der Waals surface area contributed by atoms with E-state index in [4.69, 9.17) is 5.26 Å². The number of benzene rings is 1. The number of hydrogen-bond acceptors (Lipinski definition) is 3. The first-order valence-electron chi connectivity index (χ1n) is 6.90. The smallest absolute Gasteiger partial charge is 0.207 e. The average molecular weight is 294 g/mol. The van der Waals surface area contributed by atoms with Crippen LogP contribution in [0.2, 0.25) is 0 Å². The molecule has 0 aliphatic carbocycles. The van der Waals surface area contributed by atoms with Gasteiger partial charge in [0, 0.05) is 19.5 Å². The Morgan fingerprint density at radius 2 is 1.80 bits per heavy atom. The van der Waals surface area contributed by atoms with Gasteiger partial charge in [-0.2, -0.15) is 9.57 Å². The SMILES string of the molecule is CCCN(CCC#N)S(=O)(=O)c1ccc(C(C)C)cc1. The molecule has 0 unspecified atom stereocenters. The summed E-state index contributed by atoms with van der Waals surface area (Å²) in [6.45, 7) is 6.75. The number of hydrogen-bond donors (Lipinski definition) is 0. The molecule has 20 heavy (non-hydrogen) atoms. The summed E-state index contributed by atoms with van der Waals surface area (Å²) in [6, 6.07) is 9.01. The number of rotatable bonds is 7. The number of nitriles is 1. The summed E-state index contributed by atoms with van der Waals surface area (Å²) >= 11 is 0. The van der Waals surface area contributed by atoms with E-state index in [1.165, 1.54) is 4.31 Å². The normalized spacial score (nSPS) is 11.8. The monoisotopic (exact) mass is 294 g/mol.